The lowest BCUT2D eigenvalue weighted by atomic mass is 10.1. The van der Waals surface area contributed by atoms with Crippen molar-refractivity contribution in [2.24, 2.45) is 0 Å². The average molecular weight is 358 g/mol. The molecule has 0 spiro atoms. The molecule has 0 aromatic carbocycles. The second kappa shape index (κ2) is 5.25. The first kappa shape index (κ1) is 15.6. The van der Waals surface area contributed by atoms with Crippen LogP contribution in [0.3, 0.4) is 0 Å². The molecule has 0 saturated heterocycles. The Kier molecular flexibility index (Phi) is 4.55. The van der Waals surface area contributed by atoms with Crippen molar-refractivity contribution in [1.29, 1.82) is 0 Å². The van der Waals surface area contributed by atoms with E-state index in [0.29, 0.717) is 3.79 Å². The first-order chi connectivity index (χ1) is 8.06. The van der Waals surface area contributed by atoms with E-state index >= 15 is 0 Å². The van der Waals surface area contributed by atoms with E-state index in [-0.39, 0.29) is 4.21 Å². The first-order valence-electron chi connectivity index (χ1n) is 4.77. The van der Waals surface area contributed by atoms with Crippen molar-refractivity contribution in [1.82, 2.24) is 4.72 Å². The number of hydrogen-bond acceptors (Lipinski definition) is 5. The summed E-state index contributed by atoms with van der Waals surface area (Å²) in [4.78, 5) is 10.6. The Morgan fingerprint density at radius 2 is 2.17 bits per heavy atom. The molecule has 1 atom stereocenters. The maximum Gasteiger partial charge on any atom is 0.336 e. The highest BCUT2D eigenvalue weighted by atomic mass is 79.9. The van der Waals surface area contributed by atoms with Crippen molar-refractivity contribution in [3.8, 4) is 0 Å². The maximum atomic E-state index is 11.8. The number of carboxylic acids is 1. The van der Waals surface area contributed by atoms with Crippen LogP contribution < -0.4 is 4.72 Å². The molecular formula is C9H12BrNO5S2. The van der Waals surface area contributed by atoms with Gasteiger partial charge in [-0.25, -0.2) is 17.9 Å². The molecule has 6 nitrogen and oxygen atoms in total. The van der Waals surface area contributed by atoms with E-state index in [1.807, 2.05) is 0 Å². The van der Waals surface area contributed by atoms with E-state index < -0.39 is 28.1 Å². The molecular weight excluding hydrogens is 346 g/mol. The van der Waals surface area contributed by atoms with E-state index in [9.17, 15) is 18.3 Å². The quantitative estimate of drug-likeness (QED) is 0.727. The standard InChI is InChI=1S/C9H12BrNO5S2/c1-5-3-6(17-7(5)10)18(15,16)11-4-9(2,14)8(12)13/h3,11,14H,4H2,1-2H3,(H,12,13). The normalized spacial score (nSPS) is 15.3. The minimum absolute atomic E-state index is 0.0630. The van der Waals surface area contributed by atoms with Crippen molar-refractivity contribution in [2.45, 2.75) is 23.7 Å². The predicted octanol–water partition coefficient (Wildman–Crippen LogP) is 0.933. The molecule has 0 aliphatic rings. The van der Waals surface area contributed by atoms with Gasteiger partial charge in [-0.05, 0) is 41.4 Å². The van der Waals surface area contributed by atoms with Crippen LogP contribution in [0.5, 0.6) is 0 Å². The largest absolute Gasteiger partial charge is 0.479 e. The summed E-state index contributed by atoms with van der Waals surface area (Å²) >= 11 is 4.22. The third-order valence-electron chi connectivity index (χ3n) is 2.17. The van der Waals surface area contributed by atoms with Gasteiger partial charge in [-0.1, -0.05) is 0 Å². The molecule has 0 aliphatic heterocycles. The molecule has 1 rings (SSSR count). The highest BCUT2D eigenvalue weighted by molar-refractivity contribution is 9.11. The monoisotopic (exact) mass is 357 g/mol. The van der Waals surface area contributed by atoms with Gasteiger partial charge in [0.1, 0.15) is 4.21 Å². The number of carboxylic acid groups (broad SMARTS) is 1. The summed E-state index contributed by atoms with van der Waals surface area (Å²) in [6.07, 6.45) is 0. The molecule has 0 saturated carbocycles. The van der Waals surface area contributed by atoms with Gasteiger partial charge in [0.2, 0.25) is 10.0 Å². The van der Waals surface area contributed by atoms with Gasteiger partial charge in [0.05, 0.1) is 10.3 Å². The Morgan fingerprint density at radius 1 is 1.61 bits per heavy atom. The van der Waals surface area contributed by atoms with Gasteiger partial charge in [0.15, 0.2) is 5.60 Å². The van der Waals surface area contributed by atoms with Gasteiger partial charge in [-0.2, -0.15) is 0 Å². The fraction of sp³-hybridized carbons (Fsp3) is 0.444. The third kappa shape index (κ3) is 3.51. The van der Waals surface area contributed by atoms with Crippen LogP contribution >= 0.6 is 27.3 Å². The highest BCUT2D eigenvalue weighted by Crippen LogP contribution is 2.30. The minimum atomic E-state index is -3.81. The predicted molar refractivity (Wildman–Crippen MR) is 70.2 cm³/mol. The number of rotatable bonds is 5. The van der Waals surface area contributed by atoms with Crippen molar-refractivity contribution in [3.05, 3.63) is 15.4 Å². The Hall–Kier alpha value is -0.480. The summed E-state index contributed by atoms with van der Waals surface area (Å²) in [6, 6.07) is 1.46. The molecule has 102 valence electrons. The number of sulfonamides is 1. The van der Waals surface area contributed by atoms with Gasteiger partial charge in [0.25, 0.3) is 0 Å². The van der Waals surface area contributed by atoms with Gasteiger partial charge in [-0.15, -0.1) is 11.3 Å². The molecule has 9 heteroatoms. The van der Waals surface area contributed by atoms with Crippen molar-refractivity contribution in [2.75, 3.05) is 6.54 Å². The summed E-state index contributed by atoms with van der Waals surface area (Å²) in [7, 11) is -3.81. The number of aryl methyl sites for hydroxylation is 1. The Bertz CT molecular complexity index is 544. The zero-order chi connectivity index (χ0) is 14.1. The summed E-state index contributed by atoms with van der Waals surface area (Å²) < 4.78 is 26.5. The number of halogens is 1. The van der Waals surface area contributed by atoms with Crippen molar-refractivity contribution >= 4 is 43.3 Å². The lowest BCUT2D eigenvalue weighted by Crippen LogP contribution is -2.46. The molecule has 0 fully saturated rings. The smallest absolute Gasteiger partial charge is 0.336 e. The van der Waals surface area contributed by atoms with Gasteiger partial charge in [0, 0.05) is 0 Å². The van der Waals surface area contributed by atoms with Crippen LogP contribution in [0.15, 0.2) is 14.1 Å². The number of nitrogens with one attached hydrogen (secondary N) is 1. The summed E-state index contributed by atoms with van der Waals surface area (Å²) in [5.41, 5.74) is -1.37. The molecule has 0 bridgehead atoms. The third-order valence-corrected chi connectivity index (χ3v) is 6.18. The van der Waals surface area contributed by atoms with Crippen molar-refractivity contribution in [3.63, 3.8) is 0 Å². The van der Waals surface area contributed by atoms with E-state index in [1.165, 1.54) is 6.07 Å². The van der Waals surface area contributed by atoms with Crippen LogP contribution in [0, 0.1) is 6.92 Å². The zero-order valence-electron chi connectivity index (χ0n) is 9.60. The molecule has 1 heterocycles. The number of thiophene rings is 1. The van der Waals surface area contributed by atoms with Crippen LogP contribution in [0.25, 0.3) is 0 Å². The fourth-order valence-corrected chi connectivity index (χ4v) is 4.35. The van der Waals surface area contributed by atoms with Crippen LogP contribution in [-0.2, 0) is 14.8 Å². The Balaban J connectivity index is 2.87. The van der Waals surface area contributed by atoms with Crippen LogP contribution in [-0.4, -0.2) is 36.7 Å². The fourth-order valence-electron chi connectivity index (χ4n) is 0.946. The summed E-state index contributed by atoms with van der Waals surface area (Å²) in [5.74, 6) is -1.49. The molecule has 1 unspecified atom stereocenters. The molecule has 3 N–H and O–H groups in total. The van der Waals surface area contributed by atoms with Gasteiger partial charge < -0.3 is 10.2 Å². The second-order valence-corrected chi connectivity index (χ2v) is 8.29. The number of aliphatic carboxylic acids is 1. The van der Waals surface area contributed by atoms with E-state index in [2.05, 4.69) is 20.7 Å². The Labute approximate surface area is 117 Å². The first-order valence-corrected chi connectivity index (χ1v) is 7.87. The van der Waals surface area contributed by atoms with Crippen LogP contribution in [0.4, 0.5) is 0 Å². The molecule has 1 aromatic heterocycles. The molecule has 0 aliphatic carbocycles. The topological polar surface area (TPSA) is 104 Å². The molecule has 0 amide bonds. The molecule has 1 aromatic rings. The molecule has 0 radical (unpaired) electrons. The van der Waals surface area contributed by atoms with Gasteiger partial charge in [-0.3, -0.25) is 0 Å². The zero-order valence-corrected chi connectivity index (χ0v) is 12.8. The van der Waals surface area contributed by atoms with Gasteiger partial charge >= 0.3 is 5.97 Å². The summed E-state index contributed by atoms with van der Waals surface area (Å²) in [6.45, 7) is 2.17. The molecule has 18 heavy (non-hydrogen) atoms. The van der Waals surface area contributed by atoms with E-state index in [0.717, 1.165) is 23.8 Å². The summed E-state index contributed by atoms with van der Waals surface area (Å²) in [5, 5.41) is 18.1. The lowest BCUT2D eigenvalue weighted by molar-refractivity contribution is -0.155. The SMILES string of the molecule is Cc1cc(S(=O)(=O)NCC(C)(O)C(=O)O)sc1Br. The van der Waals surface area contributed by atoms with E-state index in [1.54, 1.807) is 6.92 Å². The second-order valence-electron chi connectivity index (χ2n) is 3.93. The number of carbonyl (C=O) groups is 1. The Morgan fingerprint density at radius 3 is 2.56 bits per heavy atom. The average Bonchev–Trinajstić information content (AvgIpc) is 2.57. The van der Waals surface area contributed by atoms with Crippen LogP contribution in [0.2, 0.25) is 0 Å². The minimum Gasteiger partial charge on any atom is -0.479 e. The lowest BCUT2D eigenvalue weighted by Gasteiger charge is -2.17. The number of hydrogen-bond donors (Lipinski definition) is 3. The van der Waals surface area contributed by atoms with E-state index in [4.69, 9.17) is 5.11 Å². The maximum absolute atomic E-state index is 11.8. The van der Waals surface area contributed by atoms with Crippen LogP contribution in [0.1, 0.15) is 12.5 Å². The highest BCUT2D eigenvalue weighted by Gasteiger charge is 2.32. The number of aliphatic hydroxyl groups is 1. The van der Waals surface area contributed by atoms with Crippen molar-refractivity contribution < 1.29 is 23.4 Å².